The molecule has 0 atom stereocenters. The molecule has 24 heavy (non-hydrogen) atoms. The number of aromatic nitrogens is 1. The van der Waals surface area contributed by atoms with Crippen LogP contribution in [0.25, 0.3) is 10.6 Å². The quantitative estimate of drug-likeness (QED) is 0.633. The van der Waals surface area contributed by atoms with Crippen molar-refractivity contribution in [3.05, 3.63) is 70.7 Å². The lowest BCUT2D eigenvalue weighted by atomic mass is 10.2. The van der Waals surface area contributed by atoms with Crippen molar-refractivity contribution in [3.8, 4) is 10.6 Å². The summed E-state index contributed by atoms with van der Waals surface area (Å²) in [4.78, 5) is 16.3. The average molecular weight is 375 g/mol. The van der Waals surface area contributed by atoms with Crippen molar-refractivity contribution in [1.29, 1.82) is 0 Å². The predicted molar refractivity (Wildman–Crippen MR) is 104 cm³/mol. The number of benzene rings is 2. The zero-order valence-corrected chi connectivity index (χ0v) is 15.1. The molecule has 0 spiro atoms. The van der Waals surface area contributed by atoms with Gasteiger partial charge in [0.05, 0.1) is 5.75 Å². The fraction of sp³-hybridized carbons (Fsp3) is 0.111. The van der Waals surface area contributed by atoms with Crippen molar-refractivity contribution in [2.75, 3.05) is 11.1 Å². The number of hydrogen-bond acceptors (Lipinski definition) is 4. The number of hydrogen-bond donors (Lipinski definition) is 1. The van der Waals surface area contributed by atoms with Crippen LogP contribution < -0.4 is 5.32 Å². The van der Waals surface area contributed by atoms with Gasteiger partial charge in [0.2, 0.25) is 5.91 Å². The SMILES string of the molecule is O=C(CSCc1ccc(Cl)cc1)Nc1ccc(-c2nccs2)cc1. The van der Waals surface area contributed by atoms with Crippen LogP contribution in [0.3, 0.4) is 0 Å². The Morgan fingerprint density at radius 2 is 1.88 bits per heavy atom. The zero-order valence-electron chi connectivity index (χ0n) is 12.7. The molecule has 0 radical (unpaired) electrons. The number of nitrogens with one attached hydrogen (secondary N) is 1. The summed E-state index contributed by atoms with van der Waals surface area (Å²) < 4.78 is 0. The largest absolute Gasteiger partial charge is 0.325 e. The Morgan fingerprint density at radius 1 is 1.12 bits per heavy atom. The minimum atomic E-state index is -0.00374. The summed E-state index contributed by atoms with van der Waals surface area (Å²) in [5, 5.41) is 6.56. The van der Waals surface area contributed by atoms with Gasteiger partial charge >= 0.3 is 0 Å². The first-order valence-electron chi connectivity index (χ1n) is 7.33. The maximum absolute atomic E-state index is 12.0. The second-order valence-corrected chi connectivity index (χ2v) is 7.40. The van der Waals surface area contributed by atoms with Gasteiger partial charge in [0.25, 0.3) is 0 Å². The van der Waals surface area contributed by atoms with Gasteiger partial charge in [-0.1, -0.05) is 23.7 Å². The minimum absolute atomic E-state index is 0.00374. The van der Waals surface area contributed by atoms with E-state index in [1.165, 1.54) is 0 Å². The van der Waals surface area contributed by atoms with E-state index in [2.05, 4.69) is 10.3 Å². The van der Waals surface area contributed by atoms with E-state index in [1.807, 2.05) is 53.9 Å². The van der Waals surface area contributed by atoms with Crippen LogP contribution in [0.1, 0.15) is 5.56 Å². The van der Waals surface area contributed by atoms with Gasteiger partial charge in [0.1, 0.15) is 5.01 Å². The smallest absolute Gasteiger partial charge is 0.234 e. The van der Waals surface area contributed by atoms with E-state index in [9.17, 15) is 4.79 Å². The van der Waals surface area contributed by atoms with E-state index >= 15 is 0 Å². The molecule has 3 rings (SSSR count). The molecule has 0 saturated heterocycles. The fourth-order valence-corrected chi connectivity index (χ4v) is 3.66. The summed E-state index contributed by atoms with van der Waals surface area (Å²) in [6, 6.07) is 15.4. The van der Waals surface area contributed by atoms with Crippen molar-refractivity contribution in [3.63, 3.8) is 0 Å². The lowest BCUT2D eigenvalue weighted by Gasteiger charge is -2.06. The average Bonchev–Trinajstić information content (AvgIpc) is 3.12. The number of thioether (sulfide) groups is 1. The third kappa shape index (κ3) is 4.84. The van der Waals surface area contributed by atoms with E-state index in [0.717, 1.165) is 32.6 Å². The molecule has 1 aromatic heterocycles. The molecule has 0 saturated carbocycles. The van der Waals surface area contributed by atoms with Crippen LogP contribution in [-0.4, -0.2) is 16.6 Å². The Hall–Kier alpha value is -1.82. The molecular formula is C18H15ClN2OS2. The van der Waals surface area contributed by atoms with Gasteiger partial charge < -0.3 is 5.32 Å². The van der Waals surface area contributed by atoms with Gasteiger partial charge in [0.15, 0.2) is 0 Å². The normalized spacial score (nSPS) is 10.5. The number of halogens is 1. The summed E-state index contributed by atoms with van der Waals surface area (Å²) in [5.41, 5.74) is 3.01. The highest BCUT2D eigenvalue weighted by Gasteiger charge is 2.05. The number of thiazole rings is 1. The Balaban J connectivity index is 1.47. The van der Waals surface area contributed by atoms with E-state index in [1.54, 1.807) is 29.3 Å². The molecule has 1 heterocycles. The molecule has 0 fully saturated rings. The van der Waals surface area contributed by atoms with Crippen molar-refractivity contribution in [2.45, 2.75) is 5.75 Å². The highest BCUT2D eigenvalue weighted by atomic mass is 35.5. The number of amides is 1. The number of nitrogens with zero attached hydrogens (tertiary/aromatic N) is 1. The topological polar surface area (TPSA) is 42.0 Å². The molecule has 0 aliphatic heterocycles. The third-order valence-corrected chi connectivity index (χ3v) is 5.34. The predicted octanol–water partition coefficient (Wildman–Crippen LogP) is 5.34. The van der Waals surface area contributed by atoms with E-state index in [0.29, 0.717) is 5.75 Å². The molecule has 0 unspecified atom stereocenters. The zero-order chi connectivity index (χ0) is 16.8. The molecule has 3 aromatic rings. The van der Waals surface area contributed by atoms with Crippen LogP contribution in [0.15, 0.2) is 60.1 Å². The maximum Gasteiger partial charge on any atom is 0.234 e. The van der Waals surface area contributed by atoms with Crippen LogP contribution in [-0.2, 0) is 10.5 Å². The van der Waals surface area contributed by atoms with E-state index < -0.39 is 0 Å². The second kappa shape index (κ2) is 8.33. The second-order valence-electron chi connectivity index (χ2n) is 5.08. The maximum atomic E-state index is 12.0. The lowest BCUT2D eigenvalue weighted by Crippen LogP contribution is -2.14. The number of rotatable bonds is 6. The Bertz CT molecular complexity index is 787. The standard InChI is InChI=1S/C18H15ClN2OS2/c19-15-5-1-13(2-6-15)11-23-12-17(22)21-16-7-3-14(4-8-16)18-20-9-10-24-18/h1-10H,11-12H2,(H,21,22). The Morgan fingerprint density at radius 3 is 2.54 bits per heavy atom. The molecule has 122 valence electrons. The Labute approximate surface area is 154 Å². The van der Waals surface area contributed by atoms with Crippen molar-refractivity contribution >= 4 is 46.3 Å². The first kappa shape index (κ1) is 17.0. The van der Waals surface area contributed by atoms with E-state index in [4.69, 9.17) is 11.6 Å². The van der Waals surface area contributed by atoms with Gasteiger partial charge in [-0.05, 0) is 42.0 Å². The monoisotopic (exact) mass is 374 g/mol. The molecule has 0 bridgehead atoms. The van der Waals surface area contributed by atoms with Gasteiger partial charge in [-0.2, -0.15) is 0 Å². The van der Waals surface area contributed by atoms with Crippen LogP contribution in [0.4, 0.5) is 5.69 Å². The molecule has 1 amide bonds. The number of carbonyl (C=O) groups excluding carboxylic acids is 1. The molecule has 3 nitrogen and oxygen atoms in total. The summed E-state index contributed by atoms with van der Waals surface area (Å²) >= 11 is 9.03. The molecule has 2 aromatic carbocycles. The number of anilines is 1. The molecule has 0 aliphatic carbocycles. The van der Waals surface area contributed by atoms with Crippen molar-refractivity contribution < 1.29 is 4.79 Å². The molecule has 0 aliphatic rings. The van der Waals surface area contributed by atoms with Gasteiger partial charge in [0, 0.05) is 33.6 Å². The summed E-state index contributed by atoms with van der Waals surface area (Å²) in [6.07, 6.45) is 1.79. The molecule has 6 heteroatoms. The summed E-state index contributed by atoms with van der Waals surface area (Å²) in [7, 11) is 0. The highest BCUT2D eigenvalue weighted by Crippen LogP contribution is 2.23. The van der Waals surface area contributed by atoms with Crippen LogP contribution >= 0.6 is 34.7 Å². The van der Waals surface area contributed by atoms with Crippen LogP contribution in [0.2, 0.25) is 5.02 Å². The summed E-state index contributed by atoms with van der Waals surface area (Å²) in [5.74, 6) is 1.20. The van der Waals surface area contributed by atoms with Gasteiger partial charge in [-0.15, -0.1) is 23.1 Å². The molecular weight excluding hydrogens is 360 g/mol. The fourth-order valence-electron chi connectivity index (χ4n) is 2.10. The van der Waals surface area contributed by atoms with Crippen LogP contribution in [0.5, 0.6) is 0 Å². The van der Waals surface area contributed by atoms with Gasteiger partial charge in [-0.3, -0.25) is 4.79 Å². The highest BCUT2D eigenvalue weighted by molar-refractivity contribution is 7.99. The van der Waals surface area contributed by atoms with Crippen LogP contribution in [0, 0.1) is 0 Å². The van der Waals surface area contributed by atoms with E-state index in [-0.39, 0.29) is 5.91 Å². The molecule has 1 N–H and O–H groups in total. The minimum Gasteiger partial charge on any atom is -0.325 e. The first-order valence-corrected chi connectivity index (χ1v) is 9.74. The van der Waals surface area contributed by atoms with Crippen molar-refractivity contribution in [1.82, 2.24) is 4.98 Å². The third-order valence-electron chi connectivity index (χ3n) is 3.26. The van der Waals surface area contributed by atoms with Gasteiger partial charge in [-0.25, -0.2) is 4.98 Å². The Kier molecular flexibility index (Phi) is 5.91. The summed E-state index contributed by atoms with van der Waals surface area (Å²) in [6.45, 7) is 0. The van der Waals surface area contributed by atoms with Crippen molar-refractivity contribution in [2.24, 2.45) is 0 Å². The number of carbonyl (C=O) groups is 1. The first-order chi connectivity index (χ1) is 11.7. The lowest BCUT2D eigenvalue weighted by molar-refractivity contribution is -0.113.